The predicted octanol–water partition coefficient (Wildman–Crippen LogP) is 2.08. The van der Waals surface area contributed by atoms with Crippen LogP contribution >= 0.6 is 0 Å². The normalized spacial score (nSPS) is 12.4. The van der Waals surface area contributed by atoms with Crippen LogP contribution < -0.4 is 16.5 Å². The van der Waals surface area contributed by atoms with E-state index < -0.39 is 24.8 Å². The Hall–Kier alpha value is -1.59. The van der Waals surface area contributed by atoms with Gasteiger partial charge in [0.2, 0.25) is 0 Å². The Labute approximate surface area is 177 Å². The summed E-state index contributed by atoms with van der Waals surface area (Å²) in [6.07, 6.45) is 0.676. The van der Waals surface area contributed by atoms with Gasteiger partial charge in [0.1, 0.15) is 0 Å². The second kappa shape index (κ2) is 10.3. The third-order valence-electron chi connectivity index (χ3n) is 4.73. The van der Waals surface area contributed by atoms with Gasteiger partial charge in [-0.3, -0.25) is 0 Å². The fourth-order valence-electron chi connectivity index (χ4n) is 3.28. The SMILES string of the molecule is C[Se]CC[C@H](N)C(=O)[O][Sn]([c]1ccccc1)([c]1ccccc1)[c]1ccccc1. The van der Waals surface area contributed by atoms with Crippen molar-refractivity contribution in [2.75, 3.05) is 0 Å². The summed E-state index contributed by atoms with van der Waals surface area (Å²) in [4.78, 5) is 13.1. The summed E-state index contributed by atoms with van der Waals surface area (Å²) >= 11 is -3.52. The maximum absolute atomic E-state index is 13.1. The molecule has 0 unspecified atom stereocenters. The number of hydrogen-bond donors (Lipinski definition) is 1. The molecule has 0 amide bonds. The summed E-state index contributed by atoms with van der Waals surface area (Å²) < 4.78 is 9.83. The second-order valence-corrected chi connectivity index (χ2v) is 18.1. The third-order valence-corrected chi connectivity index (χ3v) is 17.3. The van der Waals surface area contributed by atoms with Gasteiger partial charge in [-0.05, 0) is 0 Å². The van der Waals surface area contributed by atoms with Crippen LogP contribution in [-0.4, -0.2) is 45.8 Å². The Morgan fingerprint density at radius 3 is 1.61 bits per heavy atom. The van der Waals surface area contributed by atoms with Crippen LogP contribution in [0.25, 0.3) is 0 Å². The minimum atomic E-state index is -4.02. The summed E-state index contributed by atoms with van der Waals surface area (Å²) in [6.45, 7) is 0. The minimum absolute atomic E-state index is 0.281. The molecule has 3 aromatic rings. The fourth-order valence-corrected chi connectivity index (χ4v) is 15.1. The number of carbonyl (C=O) groups is 1. The molecule has 0 spiro atoms. The molecule has 0 fully saturated rings. The average Bonchev–Trinajstić information content (AvgIpc) is 2.77. The van der Waals surface area contributed by atoms with Crippen LogP contribution in [0.3, 0.4) is 0 Å². The monoisotopic (exact) mass is 547 g/mol. The van der Waals surface area contributed by atoms with Crippen LogP contribution in [0, 0.1) is 0 Å². The Balaban J connectivity index is 2.15. The Bertz CT molecular complexity index is 778. The molecule has 0 radical (unpaired) electrons. The van der Waals surface area contributed by atoms with Crippen LogP contribution in [-0.2, 0) is 7.87 Å². The summed E-state index contributed by atoms with van der Waals surface area (Å²) in [5, 5.41) is 0.980. The van der Waals surface area contributed by atoms with Crippen molar-refractivity contribution in [2.24, 2.45) is 5.73 Å². The van der Waals surface area contributed by atoms with E-state index in [2.05, 4.69) is 42.2 Å². The first kappa shape index (κ1) is 21.1. The number of hydrogen-bond acceptors (Lipinski definition) is 3. The molecule has 28 heavy (non-hydrogen) atoms. The summed E-state index contributed by atoms with van der Waals surface area (Å²) in [7, 11) is 0. The van der Waals surface area contributed by atoms with Gasteiger partial charge in [0.15, 0.2) is 0 Å². The van der Waals surface area contributed by atoms with Crippen molar-refractivity contribution >= 4 is 50.5 Å². The molecule has 1 atom stereocenters. The van der Waals surface area contributed by atoms with Crippen LogP contribution in [0.2, 0.25) is 11.1 Å². The molecule has 0 saturated carbocycles. The van der Waals surface area contributed by atoms with Crippen molar-refractivity contribution in [1.82, 2.24) is 0 Å². The summed E-state index contributed by atoms with van der Waals surface area (Å²) in [5.74, 6) is 1.88. The number of nitrogens with two attached hydrogens (primary N) is 1. The zero-order valence-electron chi connectivity index (χ0n) is 16.0. The molecule has 3 rings (SSSR count). The van der Waals surface area contributed by atoms with Crippen LogP contribution in [0.15, 0.2) is 91.0 Å². The van der Waals surface area contributed by atoms with E-state index >= 15 is 0 Å². The van der Waals surface area contributed by atoms with Gasteiger partial charge in [0.25, 0.3) is 0 Å². The first-order valence-electron chi connectivity index (χ1n) is 9.32. The first-order chi connectivity index (χ1) is 13.7. The zero-order chi connectivity index (χ0) is 19.8. The third kappa shape index (κ3) is 4.69. The van der Waals surface area contributed by atoms with Gasteiger partial charge in [-0.1, -0.05) is 0 Å². The molecule has 0 aliphatic heterocycles. The van der Waals surface area contributed by atoms with Gasteiger partial charge in [-0.15, -0.1) is 0 Å². The molecule has 0 aliphatic rings. The van der Waals surface area contributed by atoms with Gasteiger partial charge >= 0.3 is 179 Å². The Morgan fingerprint density at radius 2 is 1.25 bits per heavy atom. The maximum atomic E-state index is 13.1. The molecule has 2 N–H and O–H groups in total. The van der Waals surface area contributed by atoms with Gasteiger partial charge in [0.05, 0.1) is 0 Å². The van der Waals surface area contributed by atoms with Gasteiger partial charge in [-0.2, -0.15) is 0 Å². The summed E-state index contributed by atoms with van der Waals surface area (Å²) in [5.41, 5.74) is 6.21. The molecule has 0 aliphatic carbocycles. The molecule has 3 aromatic carbocycles. The second-order valence-electron chi connectivity index (χ2n) is 6.59. The zero-order valence-corrected chi connectivity index (χ0v) is 20.5. The Kier molecular flexibility index (Phi) is 7.74. The van der Waals surface area contributed by atoms with Crippen molar-refractivity contribution in [1.29, 1.82) is 0 Å². The number of rotatable bonds is 8. The predicted molar refractivity (Wildman–Crippen MR) is 119 cm³/mol. The van der Waals surface area contributed by atoms with E-state index in [9.17, 15) is 4.79 Å². The van der Waals surface area contributed by atoms with Crippen molar-refractivity contribution < 1.29 is 7.87 Å². The molecular weight excluding hydrogens is 520 g/mol. The molecule has 5 heteroatoms. The van der Waals surface area contributed by atoms with Gasteiger partial charge < -0.3 is 0 Å². The van der Waals surface area contributed by atoms with Crippen LogP contribution in [0.4, 0.5) is 0 Å². The van der Waals surface area contributed by atoms with Gasteiger partial charge in [-0.25, -0.2) is 0 Å². The number of carbonyl (C=O) groups excluding carboxylic acids is 1. The van der Waals surface area contributed by atoms with E-state index in [1.54, 1.807) is 0 Å². The van der Waals surface area contributed by atoms with E-state index in [1.165, 1.54) is 0 Å². The summed E-state index contributed by atoms with van der Waals surface area (Å²) in [6, 6.07) is 30.0. The topological polar surface area (TPSA) is 52.3 Å². The standard InChI is InChI=1S/3C6H5.C5H11NO2Se.Sn/c3*1-2-4-6-5-3-1;1-9-3-2-4(6)5(7)8;/h3*1-5H;4H,2-3,6H2,1H3,(H,7,8);/q;;;;+1/p-1/t;;;4-;/m...0./s1. The molecule has 3 nitrogen and oxygen atoms in total. The molecular formula is C23H25NO2SeSn. The molecule has 0 aromatic heterocycles. The molecule has 0 saturated heterocycles. The van der Waals surface area contributed by atoms with E-state index in [-0.39, 0.29) is 5.97 Å². The quantitative estimate of drug-likeness (QED) is 0.442. The van der Waals surface area contributed by atoms with Crippen molar-refractivity contribution in [3.8, 4) is 0 Å². The molecule has 144 valence electrons. The van der Waals surface area contributed by atoms with E-state index in [0.29, 0.717) is 21.4 Å². The van der Waals surface area contributed by atoms with E-state index in [1.807, 2.05) is 54.6 Å². The molecule has 0 heterocycles. The van der Waals surface area contributed by atoms with E-state index in [0.717, 1.165) is 16.1 Å². The number of benzene rings is 3. The molecule has 0 bridgehead atoms. The van der Waals surface area contributed by atoms with Gasteiger partial charge in [0, 0.05) is 0 Å². The fraction of sp³-hybridized carbons (Fsp3) is 0.174. The average molecular weight is 545 g/mol. The van der Waals surface area contributed by atoms with Crippen molar-refractivity contribution in [3.05, 3.63) is 91.0 Å². The van der Waals surface area contributed by atoms with E-state index in [4.69, 9.17) is 8.81 Å². The van der Waals surface area contributed by atoms with Crippen LogP contribution in [0.5, 0.6) is 0 Å². The first-order valence-corrected chi connectivity index (χ1v) is 17.7. The van der Waals surface area contributed by atoms with Crippen molar-refractivity contribution in [3.63, 3.8) is 0 Å². The van der Waals surface area contributed by atoms with Crippen LogP contribution in [0.1, 0.15) is 6.42 Å². The Morgan fingerprint density at radius 1 is 0.857 bits per heavy atom. The van der Waals surface area contributed by atoms with Crippen molar-refractivity contribution in [2.45, 2.75) is 23.6 Å².